The van der Waals surface area contributed by atoms with Gasteiger partial charge in [-0.05, 0) is 35.7 Å². The van der Waals surface area contributed by atoms with E-state index in [2.05, 4.69) is 5.32 Å². The van der Waals surface area contributed by atoms with Gasteiger partial charge in [-0.2, -0.15) is 0 Å². The highest BCUT2D eigenvalue weighted by atomic mass is 16.2. The van der Waals surface area contributed by atoms with E-state index in [9.17, 15) is 14.4 Å². The Labute approximate surface area is 158 Å². The summed E-state index contributed by atoms with van der Waals surface area (Å²) in [6.07, 6.45) is 4.30. The van der Waals surface area contributed by atoms with Crippen molar-refractivity contribution in [1.82, 2.24) is 9.80 Å². The van der Waals surface area contributed by atoms with Gasteiger partial charge in [0, 0.05) is 12.7 Å². The topological polar surface area (TPSA) is 69.7 Å². The van der Waals surface area contributed by atoms with Crippen LogP contribution in [-0.4, -0.2) is 46.8 Å². The van der Waals surface area contributed by atoms with E-state index in [1.807, 2.05) is 42.5 Å². The summed E-state index contributed by atoms with van der Waals surface area (Å²) in [5, 5.41) is 4.91. The molecule has 0 bridgehead atoms. The van der Waals surface area contributed by atoms with E-state index in [0.717, 1.165) is 34.9 Å². The minimum atomic E-state index is -0.751. The van der Waals surface area contributed by atoms with E-state index in [-0.39, 0.29) is 24.4 Å². The van der Waals surface area contributed by atoms with E-state index < -0.39 is 5.54 Å². The Morgan fingerprint density at radius 1 is 1.04 bits per heavy atom. The molecule has 0 unspecified atom stereocenters. The van der Waals surface area contributed by atoms with Gasteiger partial charge in [-0.3, -0.25) is 14.5 Å². The molecule has 2 aromatic carbocycles. The second kappa shape index (κ2) is 6.68. The number of hydrogen-bond donors (Lipinski definition) is 1. The highest BCUT2D eigenvalue weighted by Gasteiger charge is 2.55. The molecule has 1 spiro atoms. The fourth-order valence-corrected chi connectivity index (χ4v) is 4.28. The molecule has 2 aromatic rings. The van der Waals surface area contributed by atoms with Gasteiger partial charge in [0.25, 0.3) is 5.91 Å². The predicted octanol–water partition coefficient (Wildman–Crippen LogP) is 3.38. The van der Waals surface area contributed by atoms with Gasteiger partial charge in [0.2, 0.25) is 5.91 Å². The van der Waals surface area contributed by atoms with E-state index >= 15 is 0 Å². The number of anilines is 1. The Morgan fingerprint density at radius 2 is 1.74 bits per heavy atom. The fraction of sp³-hybridized carbons (Fsp3) is 0.381. The molecule has 4 amide bonds. The lowest BCUT2D eigenvalue weighted by molar-refractivity contribution is -0.136. The van der Waals surface area contributed by atoms with Crippen LogP contribution in [0, 0.1) is 0 Å². The number of nitrogens with one attached hydrogen (secondary N) is 1. The molecule has 1 saturated heterocycles. The van der Waals surface area contributed by atoms with Crippen molar-refractivity contribution >= 4 is 34.3 Å². The van der Waals surface area contributed by atoms with E-state index in [0.29, 0.717) is 18.5 Å². The summed E-state index contributed by atoms with van der Waals surface area (Å²) >= 11 is 0. The minimum Gasteiger partial charge on any atom is -0.325 e. The molecule has 2 aliphatic rings. The Morgan fingerprint density at radius 3 is 2.48 bits per heavy atom. The average Bonchev–Trinajstić information content (AvgIpc) is 2.85. The van der Waals surface area contributed by atoms with Crippen molar-refractivity contribution < 1.29 is 14.4 Å². The lowest BCUT2D eigenvalue weighted by atomic mass is 9.81. The summed E-state index contributed by atoms with van der Waals surface area (Å²) < 4.78 is 0. The monoisotopic (exact) mass is 365 g/mol. The van der Waals surface area contributed by atoms with Crippen LogP contribution in [0.5, 0.6) is 0 Å². The number of benzene rings is 2. The van der Waals surface area contributed by atoms with Crippen LogP contribution >= 0.6 is 0 Å². The maximum Gasteiger partial charge on any atom is 0.327 e. The van der Waals surface area contributed by atoms with Crippen molar-refractivity contribution in [1.29, 1.82) is 0 Å². The molecule has 27 heavy (non-hydrogen) atoms. The smallest absolute Gasteiger partial charge is 0.325 e. The average molecular weight is 365 g/mol. The van der Waals surface area contributed by atoms with E-state index in [4.69, 9.17) is 0 Å². The first-order valence-electron chi connectivity index (χ1n) is 9.40. The third-order valence-corrected chi connectivity index (χ3v) is 5.82. The van der Waals surface area contributed by atoms with Crippen molar-refractivity contribution in [3.63, 3.8) is 0 Å². The zero-order valence-corrected chi connectivity index (χ0v) is 15.4. The second-order valence-corrected chi connectivity index (χ2v) is 7.44. The molecule has 0 atom stereocenters. The van der Waals surface area contributed by atoms with Crippen LogP contribution < -0.4 is 5.32 Å². The van der Waals surface area contributed by atoms with Crippen molar-refractivity contribution in [3.05, 3.63) is 42.5 Å². The van der Waals surface area contributed by atoms with Gasteiger partial charge in [0.1, 0.15) is 12.1 Å². The number of carbonyl (C=O) groups is 3. The molecule has 2 fully saturated rings. The van der Waals surface area contributed by atoms with Crippen molar-refractivity contribution in [3.8, 4) is 0 Å². The number of likely N-dealkylation sites (N-methyl/N-ethyl adjacent to an activating group) is 1. The third-order valence-electron chi connectivity index (χ3n) is 5.82. The largest absolute Gasteiger partial charge is 0.327 e. The number of urea groups is 1. The molecule has 4 rings (SSSR count). The minimum absolute atomic E-state index is 0.233. The molecule has 140 valence electrons. The standard InChI is InChI=1S/C21H23N3O3/c1-23-20(27)24(19(26)21(23)11-5-2-6-12-21)14-18(25)22-17-10-9-15-7-3-4-8-16(15)13-17/h3-4,7-10,13H,2,5-6,11-12,14H2,1H3,(H,22,25). The van der Waals surface area contributed by atoms with Gasteiger partial charge in [-0.15, -0.1) is 0 Å². The number of rotatable bonds is 3. The van der Waals surface area contributed by atoms with Gasteiger partial charge >= 0.3 is 6.03 Å². The van der Waals surface area contributed by atoms with E-state index in [1.165, 1.54) is 4.90 Å². The summed E-state index contributed by atoms with van der Waals surface area (Å²) in [5.41, 5.74) is -0.100. The van der Waals surface area contributed by atoms with Gasteiger partial charge in [0.05, 0.1) is 0 Å². The molecule has 0 aromatic heterocycles. The Balaban J connectivity index is 1.48. The molecule has 6 heteroatoms. The molecule has 1 heterocycles. The molecule has 1 aliphatic heterocycles. The van der Waals surface area contributed by atoms with Crippen LogP contribution in [0.15, 0.2) is 42.5 Å². The highest BCUT2D eigenvalue weighted by molar-refractivity contribution is 6.10. The highest BCUT2D eigenvalue weighted by Crippen LogP contribution is 2.39. The number of carbonyl (C=O) groups excluding carboxylic acids is 3. The van der Waals surface area contributed by atoms with Crippen molar-refractivity contribution in [2.24, 2.45) is 0 Å². The van der Waals surface area contributed by atoms with Crippen LogP contribution in [0.3, 0.4) is 0 Å². The summed E-state index contributed by atoms with van der Waals surface area (Å²) in [6, 6.07) is 13.1. The first-order chi connectivity index (χ1) is 13.0. The second-order valence-electron chi connectivity index (χ2n) is 7.44. The Bertz CT molecular complexity index is 918. The zero-order valence-electron chi connectivity index (χ0n) is 15.4. The number of imide groups is 1. The summed E-state index contributed by atoms with van der Waals surface area (Å²) in [7, 11) is 1.67. The molecule has 0 radical (unpaired) electrons. The fourth-order valence-electron chi connectivity index (χ4n) is 4.28. The van der Waals surface area contributed by atoms with Crippen LogP contribution in [0.25, 0.3) is 10.8 Å². The number of amides is 4. The van der Waals surface area contributed by atoms with Gasteiger partial charge in [-0.25, -0.2) is 4.79 Å². The van der Waals surface area contributed by atoms with Crippen molar-refractivity contribution in [2.75, 3.05) is 18.9 Å². The quantitative estimate of drug-likeness (QED) is 0.848. The van der Waals surface area contributed by atoms with Gasteiger partial charge < -0.3 is 10.2 Å². The van der Waals surface area contributed by atoms with Crippen LogP contribution in [0.1, 0.15) is 32.1 Å². The zero-order chi connectivity index (χ0) is 19.0. The summed E-state index contributed by atoms with van der Waals surface area (Å²) in [6.45, 7) is -0.253. The Kier molecular flexibility index (Phi) is 4.34. The van der Waals surface area contributed by atoms with Crippen LogP contribution in [0.4, 0.5) is 10.5 Å². The van der Waals surface area contributed by atoms with Crippen LogP contribution in [0.2, 0.25) is 0 Å². The maximum absolute atomic E-state index is 12.9. The normalized spacial score (nSPS) is 19.1. The number of hydrogen-bond acceptors (Lipinski definition) is 3. The maximum atomic E-state index is 12.9. The SMILES string of the molecule is CN1C(=O)N(CC(=O)Nc2ccc3ccccc3c2)C(=O)C12CCCCC2. The lowest BCUT2D eigenvalue weighted by Gasteiger charge is -2.35. The molecule has 1 N–H and O–H groups in total. The molecular weight excluding hydrogens is 342 g/mol. The summed E-state index contributed by atoms with van der Waals surface area (Å²) in [4.78, 5) is 40.7. The molecular formula is C21H23N3O3. The van der Waals surface area contributed by atoms with Crippen LogP contribution in [-0.2, 0) is 9.59 Å². The Hall–Kier alpha value is -2.89. The van der Waals surface area contributed by atoms with E-state index in [1.54, 1.807) is 7.05 Å². The summed E-state index contributed by atoms with van der Waals surface area (Å²) in [5.74, 6) is -0.600. The molecule has 1 aliphatic carbocycles. The first kappa shape index (κ1) is 17.5. The predicted molar refractivity (Wildman–Crippen MR) is 103 cm³/mol. The van der Waals surface area contributed by atoms with Gasteiger partial charge in [-0.1, -0.05) is 49.6 Å². The molecule has 6 nitrogen and oxygen atoms in total. The number of nitrogens with zero attached hydrogens (tertiary/aromatic N) is 2. The number of fused-ring (bicyclic) bond motifs is 1. The third kappa shape index (κ3) is 2.95. The molecule has 1 saturated carbocycles. The lowest BCUT2D eigenvalue weighted by Crippen LogP contribution is -2.49. The van der Waals surface area contributed by atoms with Crippen molar-refractivity contribution in [2.45, 2.75) is 37.6 Å². The van der Waals surface area contributed by atoms with Gasteiger partial charge in [0.15, 0.2) is 0 Å². The first-order valence-corrected chi connectivity index (χ1v) is 9.40.